The summed E-state index contributed by atoms with van der Waals surface area (Å²) in [6.45, 7) is 1.94. The fourth-order valence-corrected chi connectivity index (χ4v) is 2.48. The van der Waals surface area contributed by atoms with Gasteiger partial charge in [0, 0.05) is 10.0 Å². The number of hydrogen-bond acceptors (Lipinski definition) is 2. The lowest BCUT2D eigenvalue weighted by Crippen LogP contribution is -2.12. The quantitative estimate of drug-likeness (QED) is 0.735. The lowest BCUT2D eigenvalue weighted by Gasteiger charge is -2.10. The molecule has 20 heavy (non-hydrogen) atoms. The maximum Gasteiger partial charge on any atom is 0.255 e. The van der Waals surface area contributed by atoms with Crippen molar-refractivity contribution < 1.29 is 4.79 Å². The van der Waals surface area contributed by atoms with Crippen molar-refractivity contribution in [2.24, 2.45) is 0 Å². The van der Waals surface area contributed by atoms with Gasteiger partial charge >= 0.3 is 0 Å². The number of rotatable bonds is 2. The predicted molar refractivity (Wildman–Crippen MR) is 87.7 cm³/mol. The standard InChI is InChI=1S/C14H11BrCl2N2O/c1-7-2-3-9(15)12(4-7)19-14(20)8-5-10(16)13(18)11(17)6-8/h2-6H,18H2,1H3,(H,19,20). The molecule has 1 amide bonds. The number of carbonyl (C=O) groups is 1. The molecule has 0 aliphatic rings. The van der Waals surface area contributed by atoms with Crippen LogP contribution in [0.15, 0.2) is 34.8 Å². The number of carbonyl (C=O) groups excluding carboxylic acids is 1. The van der Waals surface area contributed by atoms with Crippen molar-refractivity contribution >= 4 is 56.4 Å². The first-order valence-electron chi connectivity index (χ1n) is 5.70. The molecule has 0 saturated heterocycles. The molecule has 0 atom stereocenters. The van der Waals surface area contributed by atoms with E-state index in [9.17, 15) is 4.79 Å². The van der Waals surface area contributed by atoms with E-state index in [0.717, 1.165) is 10.0 Å². The average molecular weight is 374 g/mol. The summed E-state index contributed by atoms with van der Waals surface area (Å²) in [6.07, 6.45) is 0. The second kappa shape index (κ2) is 6.04. The summed E-state index contributed by atoms with van der Waals surface area (Å²) in [6, 6.07) is 8.65. The molecule has 0 aliphatic carbocycles. The smallest absolute Gasteiger partial charge is 0.255 e. The molecular formula is C14H11BrCl2N2O. The number of nitrogens with one attached hydrogen (secondary N) is 1. The van der Waals surface area contributed by atoms with Gasteiger partial charge in [-0.3, -0.25) is 4.79 Å². The molecule has 2 rings (SSSR count). The van der Waals surface area contributed by atoms with Crippen molar-refractivity contribution in [2.75, 3.05) is 11.1 Å². The lowest BCUT2D eigenvalue weighted by molar-refractivity contribution is 0.102. The topological polar surface area (TPSA) is 55.1 Å². The third-order valence-corrected chi connectivity index (χ3v) is 4.03. The van der Waals surface area contributed by atoms with E-state index in [2.05, 4.69) is 21.2 Å². The summed E-state index contributed by atoms with van der Waals surface area (Å²) in [5.74, 6) is -0.305. The number of nitrogen functional groups attached to an aromatic ring is 1. The molecule has 0 unspecified atom stereocenters. The molecule has 6 heteroatoms. The van der Waals surface area contributed by atoms with Crippen LogP contribution in [0, 0.1) is 6.92 Å². The summed E-state index contributed by atoms with van der Waals surface area (Å²) < 4.78 is 0.795. The Balaban J connectivity index is 2.31. The Hall–Kier alpha value is -1.23. The van der Waals surface area contributed by atoms with Crippen LogP contribution >= 0.6 is 39.1 Å². The van der Waals surface area contributed by atoms with Gasteiger partial charge in [0.2, 0.25) is 0 Å². The minimum absolute atomic E-state index is 0.256. The van der Waals surface area contributed by atoms with E-state index in [1.54, 1.807) is 0 Å². The van der Waals surface area contributed by atoms with E-state index in [4.69, 9.17) is 28.9 Å². The molecular weight excluding hydrogens is 363 g/mol. The van der Waals surface area contributed by atoms with Crippen molar-refractivity contribution in [3.63, 3.8) is 0 Å². The van der Waals surface area contributed by atoms with Crippen molar-refractivity contribution in [2.45, 2.75) is 6.92 Å². The van der Waals surface area contributed by atoms with Crippen LogP contribution in [0.3, 0.4) is 0 Å². The van der Waals surface area contributed by atoms with Gasteiger partial charge in [0.1, 0.15) is 0 Å². The molecule has 0 spiro atoms. The van der Waals surface area contributed by atoms with Gasteiger partial charge < -0.3 is 11.1 Å². The SMILES string of the molecule is Cc1ccc(Br)c(NC(=O)c2cc(Cl)c(N)c(Cl)c2)c1. The molecule has 0 aliphatic heterocycles. The molecule has 2 aromatic carbocycles. The molecule has 0 radical (unpaired) electrons. The number of hydrogen-bond donors (Lipinski definition) is 2. The average Bonchev–Trinajstić information content (AvgIpc) is 2.39. The first kappa shape index (κ1) is 15.2. The minimum atomic E-state index is -0.305. The normalized spacial score (nSPS) is 10.4. The van der Waals surface area contributed by atoms with Gasteiger partial charge in [-0.25, -0.2) is 0 Å². The molecule has 3 nitrogen and oxygen atoms in total. The van der Waals surface area contributed by atoms with Crippen LogP contribution in [0.5, 0.6) is 0 Å². The highest BCUT2D eigenvalue weighted by Crippen LogP contribution is 2.30. The summed E-state index contributed by atoms with van der Waals surface area (Å²) in [5, 5.41) is 3.31. The van der Waals surface area contributed by atoms with Crippen LogP contribution in [-0.4, -0.2) is 5.91 Å². The second-order valence-corrected chi connectivity index (χ2v) is 5.96. The van der Waals surface area contributed by atoms with Crippen LogP contribution < -0.4 is 11.1 Å². The molecule has 3 N–H and O–H groups in total. The van der Waals surface area contributed by atoms with E-state index < -0.39 is 0 Å². The van der Waals surface area contributed by atoms with Gasteiger partial charge in [-0.2, -0.15) is 0 Å². The van der Waals surface area contributed by atoms with Gasteiger partial charge in [-0.05, 0) is 52.7 Å². The lowest BCUT2D eigenvalue weighted by atomic mass is 10.1. The van der Waals surface area contributed by atoms with Crippen LogP contribution in [0.4, 0.5) is 11.4 Å². The number of nitrogens with two attached hydrogens (primary N) is 1. The van der Waals surface area contributed by atoms with Crippen LogP contribution in [0.2, 0.25) is 10.0 Å². The Morgan fingerprint density at radius 2 is 1.80 bits per heavy atom. The number of halogens is 3. The first-order chi connectivity index (χ1) is 9.38. The van der Waals surface area contributed by atoms with E-state index in [-0.39, 0.29) is 21.6 Å². The zero-order valence-electron chi connectivity index (χ0n) is 10.5. The van der Waals surface area contributed by atoms with Crippen LogP contribution in [0.1, 0.15) is 15.9 Å². The Bertz CT molecular complexity index is 666. The molecule has 0 aromatic heterocycles. The molecule has 0 heterocycles. The van der Waals surface area contributed by atoms with Crippen molar-refractivity contribution in [1.82, 2.24) is 0 Å². The fourth-order valence-electron chi connectivity index (χ4n) is 1.64. The largest absolute Gasteiger partial charge is 0.396 e. The number of aryl methyl sites for hydroxylation is 1. The van der Waals surface area contributed by atoms with Gasteiger partial charge in [0.05, 0.1) is 21.4 Å². The van der Waals surface area contributed by atoms with E-state index >= 15 is 0 Å². The number of anilines is 2. The number of benzene rings is 2. The van der Waals surface area contributed by atoms with Gasteiger partial charge in [-0.1, -0.05) is 29.3 Å². The monoisotopic (exact) mass is 372 g/mol. The van der Waals surface area contributed by atoms with Crippen LogP contribution in [0.25, 0.3) is 0 Å². The molecule has 104 valence electrons. The Morgan fingerprint density at radius 1 is 1.20 bits per heavy atom. The molecule has 0 fully saturated rings. The minimum Gasteiger partial charge on any atom is -0.396 e. The highest BCUT2D eigenvalue weighted by atomic mass is 79.9. The second-order valence-electron chi connectivity index (χ2n) is 4.29. The molecule has 2 aromatic rings. The van der Waals surface area contributed by atoms with E-state index in [1.165, 1.54) is 12.1 Å². The zero-order valence-corrected chi connectivity index (χ0v) is 13.6. The Labute approximate surface area is 135 Å². The van der Waals surface area contributed by atoms with Crippen molar-refractivity contribution in [3.8, 4) is 0 Å². The van der Waals surface area contributed by atoms with Crippen LogP contribution in [-0.2, 0) is 0 Å². The molecule has 0 bridgehead atoms. The summed E-state index contributed by atoms with van der Waals surface area (Å²) in [4.78, 5) is 12.2. The highest BCUT2D eigenvalue weighted by molar-refractivity contribution is 9.10. The first-order valence-corrected chi connectivity index (χ1v) is 7.25. The summed E-state index contributed by atoms with van der Waals surface area (Å²) >= 11 is 15.2. The highest BCUT2D eigenvalue weighted by Gasteiger charge is 2.12. The number of amides is 1. The van der Waals surface area contributed by atoms with Gasteiger partial charge in [-0.15, -0.1) is 0 Å². The van der Waals surface area contributed by atoms with Crippen molar-refractivity contribution in [3.05, 3.63) is 56.0 Å². The fraction of sp³-hybridized carbons (Fsp3) is 0.0714. The maximum absolute atomic E-state index is 12.2. The van der Waals surface area contributed by atoms with E-state index in [0.29, 0.717) is 11.3 Å². The molecule has 0 saturated carbocycles. The van der Waals surface area contributed by atoms with Crippen molar-refractivity contribution in [1.29, 1.82) is 0 Å². The zero-order chi connectivity index (χ0) is 14.9. The van der Waals surface area contributed by atoms with Gasteiger partial charge in [0.25, 0.3) is 5.91 Å². The third kappa shape index (κ3) is 3.26. The Morgan fingerprint density at radius 3 is 2.40 bits per heavy atom. The Kier molecular flexibility index (Phi) is 4.58. The third-order valence-electron chi connectivity index (χ3n) is 2.71. The predicted octanol–water partition coefficient (Wildman–Crippen LogP) is 4.90. The summed E-state index contributed by atoms with van der Waals surface area (Å²) in [5.41, 5.74) is 7.98. The van der Waals surface area contributed by atoms with Gasteiger partial charge in [0.15, 0.2) is 0 Å². The summed E-state index contributed by atoms with van der Waals surface area (Å²) in [7, 11) is 0. The van der Waals surface area contributed by atoms with E-state index in [1.807, 2.05) is 25.1 Å². The maximum atomic E-state index is 12.2.